The van der Waals surface area contributed by atoms with Crippen LogP contribution in [0.2, 0.25) is 0 Å². The first kappa shape index (κ1) is 7.40. The molecule has 0 saturated carbocycles. The maximum atomic E-state index is 10.2. The van der Waals surface area contributed by atoms with Gasteiger partial charge in [0.25, 0.3) is 5.69 Å². The van der Waals surface area contributed by atoms with E-state index >= 15 is 0 Å². The van der Waals surface area contributed by atoms with Gasteiger partial charge in [0.2, 0.25) is 0 Å². The molecular formula is C7H5N2O2. The lowest BCUT2D eigenvalue weighted by atomic mass is 10.2. The second kappa shape index (κ2) is 2.92. The first-order valence-electron chi connectivity index (χ1n) is 2.96. The van der Waals surface area contributed by atoms with Crippen LogP contribution in [0.1, 0.15) is 5.56 Å². The minimum atomic E-state index is -0.507. The highest BCUT2D eigenvalue weighted by Crippen LogP contribution is 2.10. The van der Waals surface area contributed by atoms with Crippen molar-refractivity contribution in [3.05, 3.63) is 39.9 Å². The number of hydrogen-bond donors (Lipinski definition) is 0. The van der Waals surface area contributed by atoms with E-state index < -0.39 is 4.92 Å². The number of rotatable bonds is 2. The van der Waals surface area contributed by atoms with Crippen molar-refractivity contribution >= 4 is 11.9 Å². The molecule has 0 aliphatic heterocycles. The fourth-order valence-electron chi connectivity index (χ4n) is 0.719. The Morgan fingerprint density at radius 2 is 2.27 bits per heavy atom. The van der Waals surface area contributed by atoms with Crippen LogP contribution in [0.4, 0.5) is 5.69 Å². The van der Waals surface area contributed by atoms with E-state index in [4.69, 9.17) is 5.41 Å². The molecule has 1 rings (SSSR count). The highest BCUT2D eigenvalue weighted by atomic mass is 16.6. The van der Waals surface area contributed by atoms with Crippen LogP contribution >= 0.6 is 0 Å². The number of non-ortho nitro benzene ring substituents is 1. The fourth-order valence-corrected chi connectivity index (χ4v) is 0.719. The first-order chi connectivity index (χ1) is 5.24. The summed E-state index contributed by atoms with van der Waals surface area (Å²) in [6, 6.07) is 5.75. The summed E-state index contributed by atoms with van der Waals surface area (Å²) in [7, 11) is 0. The van der Waals surface area contributed by atoms with Gasteiger partial charge in [-0.2, -0.15) is 5.41 Å². The lowest BCUT2D eigenvalue weighted by molar-refractivity contribution is -0.384. The predicted molar refractivity (Wildman–Crippen MR) is 40.4 cm³/mol. The Morgan fingerprint density at radius 3 is 2.82 bits per heavy atom. The number of hydrogen-bond acceptors (Lipinski definition) is 2. The van der Waals surface area contributed by atoms with E-state index in [0.29, 0.717) is 5.56 Å². The maximum absolute atomic E-state index is 10.2. The Kier molecular flexibility index (Phi) is 1.96. The highest BCUT2D eigenvalue weighted by Gasteiger charge is 2.03. The van der Waals surface area contributed by atoms with Gasteiger partial charge in [-0.15, -0.1) is 0 Å². The van der Waals surface area contributed by atoms with Crippen molar-refractivity contribution in [2.75, 3.05) is 0 Å². The lowest BCUT2D eigenvalue weighted by Crippen LogP contribution is -1.89. The molecule has 0 heterocycles. The summed E-state index contributed by atoms with van der Waals surface area (Å²) < 4.78 is 0. The number of nitro groups is 1. The molecule has 4 heteroatoms. The van der Waals surface area contributed by atoms with E-state index in [1.54, 1.807) is 6.07 Å². The summed E-state index contributed by atoms with van der Waals surface area (Å²) in [4.78, 5) is 9.67. The summed E-state index contributed by atoms with van der Waals surface area (Å²) in [5, 5.41) is 18.7. The van der Waals surface area contributed by atoms with Gasteiger partial charge in [-0.3, -0.25) is 10.1 Å². The normalized spacial score (nSPS) is 9.09. The van der Waals surface area contributed by atoms with E-state index in [1.807, 2.05) is 0 Å². The summed E-state index contributed by atoms with van der Waals surface area (Å²) in [5.41, 5.74) is 0.409. The highest BCUT2D eigenvalue weighted by molar-refractivity contribution is 5.78. The lowest BCUT2D eigenvalue weighted by Gasteiger charge is -1.90. The third-order valence-corrected chi connectivity index (χ3v) is 1.23. The van der Waals surface area contributed by atoms with Crippen LogP contribution < -0.4 is 5.41 Å². The Morgan fingerprint density at radius 1 is 1.55 bits per heavy atom. The van der Waals surface area contributed by atoms with Crippen LogP contribution in [-0.4, -0.2) is 11.1 Å². The molecular weight excluding hydrogens is 144 g/mol. The molecule has 0 aromatic heterocycles. The van der Waals surface area contributed by atoms with Crippen LogP contribution in [0.3, 0.4) is 0 Å². The van der Waals surface area contributed by atoms with Gasteiger partial charge in [-0.05, 0) is 0 Å². The van der Waals surface area contributed by atoms with Gasteiger partial charge in [-0.1, -0.05) is 12.1 Å². The van der Waals surface area contributed by atoms with Crippen molar-refractivity contribution in [3.8, 4) is 0 Å². The van der Waals surface area contributed by atoms with E-state index in [0.717, 1.165) is 6.21 Å². The molecule has 0 amide bonds. The van der Waals surface area contributed by atoms with Crippen molar-refractivity contribution in [1.29, 1.82) is 0 Å². The number of benzene rings is 1. The van der Waals surface area contributed by atoms with E-state index in [2.05, 4.69) is 0 Å². The van der Waals surface area contributed by atoms with Crippen LogP contribution in [0.5, 0.6) is 0 Å². The van der Waals surface area contributed by atoms with Crippen molar-refractivity contribution in [2.45, 2.75) is 0 Å². The molecule has 1 aromatic rings. The maximum Gasteiger partial charge on any atom is 0.270 e. The van der Waals surface area contributed by atoms with Crippen molar-refractivity contribution < 1.29 is 4.92 Å². The Balaban J connectivity index is 3.10. The van der Waals surface area contributed by atoms with Crippen molar-refractivity contribution in [2.24, 2.45) is 0 Å². The average Bonchev–Trinajstić information content (AvgIpc) is 2.05. The van der Waals surface area contributed by atoms with Crippen molar-refractivity contribution in [3.63, 3.8) is 0 Å². The standard InChI is InChI=1S/C7H5N2O2/c8-5-6-2-1-3-7(4-6)9(10)11/h1-5H. The summed E-state index contributed by atoms with van der Waals surface area (Å²) in [5.74, 6) is 0. The first-order valence-corrected chi connectivity index (χ1v) is 2.96. The molecule has 1 aromatic carbocycles. The molecule has 0 atom stereocenters. The Labute approximate surface area is 63.1 Å². The molecule has 1 radical (unpaired) electrons. The number of nitrogens with zero attached hydrogens (tertiary/aromatic N) is 2. The molecule has 55 valence electrons. The van der Waals surface area contributed by atoms with Crippen molar-refractivity contribution in [1.82, 2.24) is 5.41 Å². The molecule has 11 heavy (non-hydrogen) atoms. The molecule has 0 aliphatic rings. The molecule has 0 aliphatic carbocycles. The minimum Gasteiger partial charge on any atom is -0.258 e. The van der Waals surface area contributed by atoms with Crippen LogP contribution in [0, 0.1) is 10.1 Å². The molecule has 0 spiro atoms. The zero-order valence-corrected chi connectivity index (χ0v) is 5.60. The van der Waals surface area contributed by atoms with Gasteiger partial charge in [0, 0.05) is 17.7 Å². The predicted octanol–water partition coefficient (Wildman–Crippen LogP) is 0.814. The van der Waals surface area contributed by atoms with Gasteiger partial charge < -0.3 is 0 Å². The fraction of sp³-hybridized carbons (Fsp3) is 0. The monoisotopic (exact) mass is 149 g/mol. The zero-order valence-electron chi connectivity index (χ0n) is 5.60. The van der Waals surface area contributed by atoms with Crippen LogP contribution in [0.15, 0.2) is 24.3 Å². The van der Waals surface area contributed by atoms with Gasteiger partial charge in [0.05, 0.1) is 11.1 Å². The van der Waals surface area contributed by atoms with E-state index in [1.165, 1.54) is 18.2 Å². The summed E-state index contributed by atoms with van der Waals surface area (Å²) >= 11 is 0. The average molecular weight is 149 g/mol. The minimum absolute atomic E-state index is 0.0206. The van der Waals surface area contributed by atoms with Gasteiger partial charge in [-0.25, -0.2) is 0 Å². The summed E-state index contributed by atoms with van der Waals surface area (Å²) in [6.07, 6.45) is 0.826. The van der Waals surface area contributed by atoms with Crippen LogP contribution in [-0.2, 0) is 0 Å². The topological polar surface area (TPSA) is 65.4 Å². The zero-order chi connectivity index (χ0) is 8.27. The quantitative estimate of drug-likeness (QED) is 0.355. The van der Waals surface area contributed by atoms with E-state index in [9.17, 15) is 10.1 Å². The smallest absolute Gasteiger partial charge is 0.258 e. The molecule has 0 fully saturated rings. The summed E-state index contributed by atoms with van der Waals surface area (Å²) in [6.45, 7) is 0. The second-order valence-electron chi connectivity index (χ2n) is 1.98. The third-order valence-electron chi connectivity index (χ3n) is 1.23. The Bertz CT molecular complexity index is 296. The molecule has 0 unspecified atom stereocenters. The van der Waals surface area contributed by atoms with Gasteiger partial charge >= 0.3 is 0 Å². The largest absolute Gasteiger partial charge is 0.270 e. The third kappa shape index (κ3) is 1.61. The van der Waals surface area contributed by atoms with Gasteiger partial charge in [0.1, 0.15) is 0 Å². The van der Waals surface area contributed by atoms with E-state index in [-0.39, 0.29) is 5.69 Å². The molecule has 0 bridgehead atoms. The SMILES string of the molecule is [N]=Cc1cccc([N+](=O)[O-])c1. The Hall–Kier alpha value is -1.71. The molecule has 0 N–H and O–H groups in total. The number of nitro benzene ring substituents is 1. The van der Waals surface area contributed by atoms with Crippen LogP contribution in [0.25, 0.3) is 0 Å². The molecule has 0 saturated heterocycles. The second-order valence-corrected chi connectivity index (χ2v) is 1.98. The van der Waals surface area contributed by atoms with Gasteiger partial charge in [0.15, 0.2) is 0 Å². The molecule has 4 nitrogen and oxygen atoms in total.